The maximum absolute atomic E-state index is 13.7. The minimum atomic E-state index is -0.460. The number of urea groups is 1. The number of H-pyrrole nitrogens is 1. The molecule has 4 aromatic rings. The Bertz CT molecular complexity index is 1180. The highest BCUT2D eigenvalue weighted by molar-refractivity contribution is 6.30. The normalized spacial score (nSPS) is 10.7. The van der Waals surface area contributed by atoms with Crippen molar-refractivity contribution < 1.29 is 13.9 Å². The molecule has 1 heterocycles. The third-order valence-corrected chi connectivity index (χ3v) is 4.44. The van der Waals surface area contributed by atoms with Gasteiger partial charge in [-0.25, -0.2) is 9.18 Å². The van der Waals surface area contributed by atoms with Crippen molar-refractivity contribution in [3.63, 3.8) is 0 Å². The first kappa shape index (κ1) is 18.8. The van der Waals surface area contributed by atoms with Crippen LogP contribution >= 0.6 is 11.6 Å². The summed E-state index contributed by atoms with van der Waals surface area (Å²) in [6.45, 7) is 0.0913. The van der Waals surface area contributed by atoms with Gasteiger partial charge in [0.05, 0.1) is 5.52 Å². The average molecular weight is 411 g/mol. The summed E-state index contributed by atoms with van der Waals surface area (Å²) in [5, 5.41) is 13.5. The lowest BCUT2D eigenvalue weighted by molar-refractivity contribution is 0.262. The minimum absolute atomic E-state index is 0.0913. The predicted molar refractivity (Wildman–Crippen MR) is 111 cm³/mol. The van der Waals surface area contributed by atoms with Gasteiger partial charge < -0.3 is 10.1 Å². The van der Waals surface area contributed by atoms with Crippen molar-refractivity contribution in [2.75, 3.05) is 10.6 Å². The molecule has 0 aliphatic heterocycles. The number of hydrogen-bond acceptors (Lipinski definition) is 3. The zero-order valence-corrected chi connectivity index (χ0v) is 15.8. The first-order valence-electron chi connectivity index (χ1n) is 8.76. The zero-order valence-electron chi connectivity index (χ0n) is 15.1. The highest BCUT2D eigenvalue weighted by Crippen LogP contribution is 2.26. The standard InChI is InChI=1S/C21H16ClFN4O2/c22-14-5-3-6-15(10-14)24-21(28)25-20-17-11-16(8-9-19(17)26-27-20)29-12-13-4-1-2-7-18(13)23/h1-11H,12H2,(H3,24,25,26,27,28). The molecule has 0 bridgehead atoms. The van der Waals surface area contributed by atoms with Gasteiger partial charge in [-0.1, -0.05) is 35.9 Å². The number of fused-ring (bicyclic) bond motifs is 1. The fourth-order valence-corrected chi connectivity index (χ4v) is 2.98. The highest BCUT2D eigenvalue weighted by Gasteiger charge is 2.11. The SMILES string of the molecule is O=C(Nc1cccc(Cl)c1)Nc1n[nH]c2ccc(OCc3ccccc3F)cc12. The molecule has 0 saturated carbocycles. The summed E-state index contributed by atoms with van der Waals surface area (Å²) in [6, 6.07) is 18.0. The van der Waals surface area contributed by atoms with Crippen LogP contribution in [-0.4, -0.2) is 16.2 Å². The molecule has 8 heteroatoms. The lowest BCUT2D eigenvalue weighted by Gasteiger charge is -2.08. The number of aromatic amines is 1. The van der Waals surface area contributed by atoms with E-state index in [0.29, 0.717) is 33.2 Å². The number of benzene rings is 3. The number of rotatable bonds is 5. The molecule has 0 spiro atoms. The Labute approximate surface area is 170 Å². The lowest BCUT2D eigenvalue weighted by atomic mass is 10.2. The maximum Gasteiger partial charge on any atom is 0.324 e. The smallest absolute Gasteiger partial charge is 0.324 e. The first-order valence-corrected chi connectivity index (χ1v) is 9.14. The summed E-state index contributed by atoms with van der Waals surface area (Å²) in [6.07, 6.45) is 0. The molecule has 3 aromatic carbocycles. The van der Waals surface area contributed by atoms with Crippen LogP contribution in [0.1, 0.15) is 5.56 Å². The van der Waals surface area contributed by atoms with Gasteiger partial charge in [-0.05, 0) is 42.5 Å². The van der Waals surface area contributed by atoms with Crippen molar-refractivity contribution in [2.45, 2.75) is 6.61 Å². The van der Waals surface area contributed by atoms with Crippen LogP contribution in [0.4, 0.5) is 20.7 Å². The van der Waals surface area contributed by atoms with Crippen molar-refractivity contribution in [2.24, 2.45) is 0 Å². The third kappa shape index (κ3) is 4.47. The van der Waals surface area contributed by atoms with Crippen LogP contribution in [0, 0.1) is 5.82 Å². The van der Waals surface area contributed by atoms with Crippen LogP contribution in [0.25, 0.3) is 10.9 Å². The quantitative estimate of drug-likeness (QED) is 0.402. The van der Waals surface area contributed by atoms with Crippen LogP contribution in [0.15, 0.2) is 66.7 Å². The van der Waals surface area contributed by atoms with Crippen LogP contribution in [0.2, 0.25) is 5.02 Å². The van der Waals surface area contributed by atoms with Gasteiger partial charge in [-0.15, -0.1) is 0 Å². The molecule has 0 radical (unpaired) electrons. The third-order valence-electron chi connectivity index (χ3n) is 4.20. The van der Waals surface area contributed by atoms with E-state index < -0.39 is 6.03 Å². The molecule has 0 aliphatic carbocycles. The number of carbonyl (C=O) groups is 1. The minimum Gasteiger partial charge on any atom is -0.489 e. The molecule has 146 valence electrons. The Balaban J connectivity index is 1.48. The molecular weight excluding hydrogens is 395 g/mol. The van der Waals surface area contributed by atoms with E-state index in [9.17, 15) is 9.18 Å². The average Bonchev–Trinajstić information content (AvgIpc) is 3.09. The number of ether oxygens (including phenoxy) is 1. The van der Waals surface area contributed by atoms with Crippen molar-refractivity contribution in [1.82, 2.24) is 10.2 Å². The van der Waals surface area contributed by atoms with Gasteiger partial charge in [-0.3, -0.25) is 10.4 Å². The first-order chi connectivity index (χ1) is 14.1. The Hall–Kier alpha value is -3.58. The van der Waals surface area contributed by atoms with Crippen molar-refractivity contribution >= 4 is 40.0 Å². The number of halogens is 2. The number of amides is 2. The van der Waals surface area contributed by atoms with Gasteiger partial charge in [0.1, 0.15) is 18.2 Å². The number of nitrogens with zero attached hydrogens (tertiary/aromatic N) is 1. The Morgan fingerprint density at radius 2 is 1.93 bits per heavy atom. The van der Waals surface area contributed by atoms with Crippen molar-refractivity contribution in [3.8, 4) is 5.75 Å². The summed E-state index contributed by atoms with van der Waals surface area (Å²) in [5.41, 5.74) is 1.74. The number of anilines is 2. The van der Waals surface area contributed by atoms with E-state index in [2.05, 4.69) is 20.8 Å². The molecule has 29 heavy (non-hydrogen) atoms. The molecule has 0 fully saturated rings. The Kier molecular flexibility index (Phi) is 5.31. The molecule has 6 nitrogen and oxygen atoms in total. The van der Waals surface area contributed by atoms with E-state index in [1.165, 1.54) is 6.07 Å². The van der Waals surface area contributed by atoms with E-state index in [0.717, 1.165) is 5.52 Å². The number of nitrogens with one attached hydrogen (secondary N) is 3. The van der Waals surface area contributed by atoms with E-state index in [1.807, 2.05) is 0 Å². The lowest BCUT2D eigenvalue weighted by Crippen LogP contribution is -2.19. The van der Waals surface area contributed by atoms with E-state index >= 15 is 0 Å². The number of hydrogen-bond donors (Lipinski definition) is 3. The van der Waals surface area contributed by atoms with Gasteiger partial charge in [0, 0.05) is 21.7 Å². The molecule has 0 aliphatic rings. The van der Waals surface area contributed by atoms with Gasteiger partial charge in [0.15, 0.2) is 5.82 Å². The van der Waals surface area contributed by atoms with E-state index in [-0.39, 0.29) is 12.4 Å². The highest BCUT2D eigenvalue weighted by atomic mass is 35.5. The Morgan fingerprint density at radius 1 is 1.07 bits per heavy atom. The summed E-state index contributed by atoms with van der Waals surface area (Å²) < 4.78 is 19.4. The van der Waals surface area contributed by atoms with E-state index in [4.69, 9.17) is 16.3 Å². The van der Waals surface area contributed by atoms with Crippen LogP contribution < -0.4 is 15.4 Å². The van der Waals surface area contributed by atoms with Crippen molar-refractivity contribution in [1.29, 1.82) is 0 Å². The molecule has 0 unspecified atom stereocenters. The van der Waals surface area contributed by atoms with Gasteiger partial charge in [0.2, 0.25) is 0 Å². The Morgan fingerprint density at radius 3 is 2.76 bits per heavy atom. The summed E-state index contributed by atoms with van der Waals surface area (Å²) in [7, 11) is 0. The summed E-state index contributed by atoms with van der Waals surface area (Å²) >= 11 is 5.92. The van der Waals surface area contributed by atoms with Crippen molar-refractivity contribution in [3.05, 3.63) is 83.1 Å². The summed E-state index contributed by atoms with van der Waals surface area (Å²) in [4.78, 5) is 12.3. The maximum atomic E-state index is 13.7. The zero-order chi connectivity index (χ0) is 20.2. The predicted octanol–water partition coefficient (Wildman–Crippen LogP) is 5.58. The molecule has 0 atom stereocenters. The monoisotopic (exact) mass is 410 g/mol. The van der Waals surface area contributed by atoms with Gasteiger partial charge in [-0.2, -0.15) is 5.10 Å². The topological polar surface area (TPSA) is 79.0 Å². The molecule has 2 amide bonds. The molecule has 1 aromatic heterocycles. The van der Waals surface area contributed by atoms with E-state index in [1.54, 1.807) is 60.7 Å². The second-order valence-electron chi connectivity index (χ2n) is 6.25. The molecule has 3 N–H and O–H groups in total. The van der Waals surface area contributed by atoms with Gasteiger partial charge in [0.25, 0.3) is 0 Å². The second-order valence-corrected chi connectivity index (χ2v) is 6.69. The number of aromatic nitrogens is 2. The molecular formula is C21H16ClFN4O2. The van der Waals surface area contributed by atoms with Crippen LogP contribution in [0.3, 0.4) is 0 Å². The largest absolute Gasteiger partial charge is 0.489 e. The summed E-state index contributed by atoms with van der Waals surface area (Å²) in [5.74, 6) is 0.549. The fraction of sp³-hybridized carbons (Fsp3) is 0.0476. The number of carbonyl (C=O) groups excluding carboxylic acids is 1. The molecule has 4 rings (SSSR count). The van der Waals surface area contributed by atoms with Crippen LogP contribution in [0.5, 0.6) is 5.75 Å². The fourth-order valence-electron chi connectivity index (χ4n) is 2.79. The van der Waals surface area contributed by atoms with Gasteiger partial charge >= 0.3 is 6.03 Å². The molecule has 0 saturated heterocycles. The van der Waals surface area contributed by atoms with Crippen LogP contribution in [-0.2, 0) is 6.61 Å². The second kappa shape index (κ2) is 8.20.